The average molecular weight is 361 g/mol. The summed E-state index contributed by atoms with van der Waals surface area (Å²) in [6.45, 7) is 3.92. The van der Waals surface area contributed by atoms with Crippen molar-refractivity contribution in [1.29, 1.82) is 0 Å². The number of benzene rings is 2. The normalized spacial score (nSPS) is 17.9. The maximum Gasteiger partial charge on any atom is 0.267 e. The predicted octanol–water partition coefficient (Wildman–Crippen LogP) is 3.82. The summed E-state index contributed by atoms with van der Waals surface area (Å²) in [5, 5.41) is 4.28. The van der Waals surface area contributed by atoms with E-state index < -0.39 is 0 Å². The van der Waals surface area contributed by atoms with Gasteiger partial charge in [0.05, 0.1) is 0 Å². The number of carbonyl (C=O) groups excluding carboxylic acids is 1. The van der Waals surface area contributed by atoms with Gasteiger partial charge in [-0.3, -0.25) is 9.69 Å². The molecule has 1 aliphatic rings. The van der Waals surface area contributed by atoms with Crippen molar-refractivity contribution in [2.75, 3.05) is 19.6 Å². The highest BCUT2D eigenvalue weighted by atomic mass is 16.1. The van der Waals surface area contributed by atoms with E-state index in [1.165, 1.54) is 18.4 Å². The van der Waals surface area contributed by atoms with Gasteiger partial charge in [0.15, 0.2) is 0 Å². The second-order valence-electron chi connectivity index (χ2n) is 7.59. The molecule has 4 nitrogen and oxygen atoms in total. The number of nitrogens with zero attached hydrogens (tertiary/aromatic N) is 2. The van der Waals surface area contributed by atoms with Crippen LogP contribution < -0.4 is 5.32 Å². The van der Waals surface area contributed by atoms with Crippen molar-refractivity contribution in [1.82, 2.24) is 14.8 Å². The lowest BCUT2D eigenvalue weighted by Crippen LogP contribution is -2.40. The van der Waals surface area contributed by atoms with Crippen LogP contribution in [0.15, 0.2) is 60.7 Å². The number of hydrogen-bond donors (Lipinski definition) is 1. The van der Waals surface area contributed by atoms with E-state index in [0.29, 0.717) is 5.92 Å². The molecular weight excluding hydrogens is 334 g/mol. The van der Waals surface area contributed by atoms with Gasteiger partial charge in [-0.1, -0.05) is 48.5 Å². The van der Waals surface area contributed by atoms with Crippen molar-refractivity contribution in [2.45, 2.75) is 19.4 Å². The zero-order valence-corrected chi connectivity index (χ0v) is 15.9. The molecule has 1 unspecified atom stereocenters. The minimum absolute atomic E-state index is 0.0221. The van der Waals surface area contributed by atoms with Gasteiger partial charge in [-0.15, -0.1) is 0 Å². The number of para-hydroxylation sites is 1. The topological polar surface area (TPSA) is 37.3 Å². The molecule has 0 spiro atoms. The molecule has 1 aromatic heterocycles. The molecule has 140 valence electrons. The van der Waals surface area contributed by atoms with Gasteiger partial charge < -0.3 is 9.88 Å². The first kappa shape index (κ1) is 17.8. The van der Waals surface area contributed by atoms with Crippen LogP contribution in [-0.4, -0.2) is 35.0 Å². The van der Waals surface area contributed by atoms with Crippen molar-refractivity contribution in [3.63, 3.8) is 0 Å². The number of aromatic nitrogens is 1. The maximum atomic E-state index is 12.7. The highest BCUT2D eigenvalue weighted by Gasteiger charge is 2.21. The van der Waals surface area contributed by atoms with Crippen LogP contribution in [0.25, 0.3) is 10.9 Å². The zero-order chi connectivity index (χ0) is 18.6. The minimum atomic E-state index is 0.0221. The molecule has 3 aromatic rings. The van der Waals surface area contributed by atoms with Crippen LogP contribution in [0.1, 0.15) is 28.9 Å². The quantitative estimate of drug-likeness (QED) is 0.750. The lowest BCUT2D eigenvalue weighted by molar-refractivity contribution is 0.0923. The highest BCUT2D eigenvalue weighted by Crippen LogP contribution is 2.20. The third-order valence-electron chi connectivity index (χ3n) is 5.59. The van der Waals surface area contributed by atoms with Crippen molar-refractivity contribution in [3.8, 4) is 0 Å². The van der Waals surface area contributed by atoms with Gasteiger partial charge in [0.1, 0.15) is 5.69 Å². The average Bonchev–Trinajstić information content (AvgIpc) is 3.04. The third-order valence-corrected chi connectivity index (χ3v) is 5.59. The molecule has 0 radical (unpaired) electrons. The fourth-order valence-electron chi connectivity index (χ4n) is 4.14. The Labute approximate surface area is 160 Å². The second-order valence-corrected chi connectivity index (χ2v) is 7.59. The lowest BCUT2D eigenvalue weighted by Gasteiger charge is -2.32. The Kier molecular flexibility index (Phi) is 5.26. The molecule has 4 rings (SSSR count). The van der Waals surface area contributed by atoms with Crippen LogP contribution >= 0.6 is 0 Å². The third kappa shape index (κ3) is 4.06. The fourth-order valence-corrected chi connectivity index (χ4v) is 4.14. The van der Waals surface area contributed by atoms with E-state index in [9.17, 15) is 4.79 Å². The molecule has 2 aromatic carbocycles. The SMILES string of the molecule is Cn1c(C(=O)NCC2CCCN(Cc3ccccc3)C2)cc2ccccc21. The lowest BCUT2D eigenvalue weighted by atomic mass is 9.97. The van der Waals surface area contributed by atoms with Crippen LogP contribution in [0.4, 0.5) is 0 Å². The van der Waals surface area contributed by atoms with E-state index in [1.807, 2.05) is 29.8 Å². The van der Waals surface area contributed by atoms with Gasteiger partial charge >= 0.3 is 0 Å². The van der Waals surface area contributed by atoms with Gasteiger partial charge in [0, 0.05) is 37.6 Å². The number of rotatable bonds is 5. The number of piperidine rings is 1. The molecule has 27 heavy (non-hydrogen) atoms. The standard InChI is InChI=1S/C23H27N3O/c1-25-21-12-6-5-11-20(21)14-22(25)23(27)24-15-19-10-7-13-26(17-19)16-18-8-3-2-4-9-18/h2-6,8-9,11-12,14,19H,7,10,13,15-17H2,1H3,(H,24,27). The van der Waals surface area contributed by atoms with Gasteiger partial charge in [0.2, 0.25) is 0 Å². The Morgan fingerprint density at radius 3 is 2.70 bits per heavy atom. The molecule has 0 saturated carbocycles. The van der Waals surface area contributed by atoms with Crippen molar-refractivity contribution in [2.24, 2.45) is 13.0 Å². The number of likely N-dealkylation sites (tertiary alicyclic amines) is 1. The Balaban J connectivity index is 1.35. The van der Waals surface area contributed by atoms with E-state index in [-0.39, 0.29) is 5.91 Å². The first-order valence-corrected chi connectivity index (χ1v) is 9.79. The first-order valence-electron chi connectivity index (χ1n) is 9.79. The van der Waals surface area contributed by atoms with Crippen LogP contribution in [0, 0.1) is 5.92 Å². The predicted molar refractivity (Wildman–Crippen MR) is 110 cm³/mol. The summed E-state index contributed by atoms with van der Waals surface area (Å²) in [5.74, 6) is 0.537. The monoisotopic (exact) mass is 361 g/mol. The number of aryl methyl sites for hydroxylation is 1. The van der Waals surface area contributed by atoms with Crippen molar-refractivity contribution >= 4 is 16.8 Å². The summed E-state index contributed by atoms with van der Waals surface area (Å²) in [5.41, 5.74) is 3.18. The number of amides is 1. The van der Waals surface area contributed by atoms with Crippen LogP contribution in [-0.2, 0) is 13.6 Å². The van der Waals surface area contributed by atoms with Crippen LogP contribution in [0.3, 0.4) is 0 Å². The van der Waals surface area contributed by atoms with E-state index >= 15 is 0 Å². The summed E-state index contributed by atoms with van der Waals surface area (Å²) in [6.07, 6.45) is 2.38. The first-order chi connectivity index (χ1) is 13.2. The molecule has 1 aliphatic heterocycles. The molecule has 1 saturated heterocycles. The minimum Gasteiger partial charge on any atom is -0.350 e. The van der Waals surface area contributed by atoms with E-state index in [2.05, 4.69) is 52.7 Å². The van der Waals surface area contributed by atoms with Gasteiger partial charge in [-0.25, -0.2) is 0 Å². The molecule has 1 atom stereocenters. The number of hydrogen-bond acceptors (Lipinski definition) is 2. The molecule has 0 aliphatic carbocycles. The molecule has 2 heterocycles. The molecule has 1 amide bonds. The molecule has 1 fully saturated rings. The van der Waals surface area contributed by atoms with E-state index in [1.54, 1.807) is 0 Å². The summed E-state index contributed by atoms with van der Waals surface area (Å²) >= 11 is 0. The van der Waals surface area contributed by atoms with Crippen LogP contribution in [0.2, 0.25) is 0 Å². The Morgan fingerprint density at radius 2 is 1.89 bits per heavy atom. The van der Waals surface area contributed by atoms with Crippen LogP contribution in [0.5, 0.6) is 0 Å². The fraction of sp³-hybridized carbons (Fsp3) is 0.348. The summed E-state index contributed by atoms with van der Waals surface area (Å²) < 4.78 is 1.98. The van der Waals surface area contributed by atoms with E-state index in [0.717, 1.165) is 42.8 Å². The Morgan fingerprint density at radius 1 is 1.11 bits per heavy atom. The molecule has 1 N–H and O–H groups in total. The summed E-state index contributed by atoms with van der Waals surface area (Å²) in [4.78, 5) is 15.2. The summed E-state index contributed by atoms with van der Waals surface area (Å²) in [7, 11) is 1.96. The zero-order valence-electron chi connectivity index (χ0n) is 15.9. The van der Waals surface area contributed by atoms with Crippen molar-refractivity contribution in [3.05, 3.63) is 71.9 Å². The maximum absolute atomic E-state index is 12.7. The number of carbonyl (C=O) groups is 1. The molecule has 0 bridgehead atoms. The highest BCUT2D eigenvalue weighted by molar-refractivity contribution is 5.98. The molecular formula is C23H27N3O. The van der Waals surface area contributed by atoms with E-state index in [4.69, 9.17) is 0 Å². The van der Waals surface area contributed by atoms with Gasteiger partial charge in [-0.05, 0) is 43.0 Å². The summed E-state index contributed by atoms with van der Waals surface area (Å²) in [6, 6.07) is 20.7. The smallest absolute Gasteiger partial charge is 0.267 e. The Bertz CT molecular complexity index is 916. The van der Waals surface area contributed by atoms with Gasteiger partial charge in [-0.2, -0.15) is 0 Å². The number of fused-ring (bicyclic) bond motifs is 1. The van der Waals surface area contributed by atoms with Gasteiger partial charge in [0.25, 0.3) is 5.91 Å². The molecule has 4 heteroatoms. The Hall–Kier alpha value is -2.59. The second kappa shape index (κ2) is 7.97. The largest absolute Gasteiger partial charge is 0.350 e. The van der Waals surface area contributed by atoms with Crippen molar-refractivity contribution < 1.29 is 4.79 Å². The number of nitrogens with one attached hydrogen (secondary N) is 1.